The molecule has 0 bridgehead atoms. The molecule has 24 heavy (non-hydrogen) atoms. The highest BCUT2D eigenvalue weighted by atomic mass is 16.5. The lowest BCUT2D eigenvalue weighted by atomic mass is 10.1. The van der Waals surface area contributed by atoms with Crippen LogP contribution in [0.15, 0.2) is 36.5 Å². The molecule has 1 N–H and O–H groups in total. The molecule has 1 aliphatic rings. The van der Waals surface area contributed by atoms with E-state index in [1.54, 1.807) is 11.1 Å². The van der Waals surface area contributed by atoms with E-state index in [9.17, 15) is 4.79 Å². The second kappa shape index (κ2) is 7.45. The number of pyridine rings is 1. The minimum absolute atomic E-state index is 0.0394. The molecule has 0 unspecified atom stereocenters. The standard InChI is InChI=1S/C19H23N3O2/c1-3-15-6-4-5-14(2)18(15)21-16-7-8-20-17(13-16)19(23)22-9-11-24-12-10-22/h4-8,13H,3,9-12H2,1-2H3,(H,20,21). The number of benzene rings is 1. The number of amides is 1. The van der Waals surface area contributed by atoms with E-state index in [0.717, 1.165) is 17.8 Å². The first-order valence-corrected chi connectivity index (χ1v) is 8.37. The zero-order valence-electron chi connectivity index (χ0n) is 14.2. The molecule has 5 nitrogen and oxygen atoms in total. The average molecular weight is 325 g/mol. The number of anilines is 2. The highest BCUT2D eigenvalue weighted by Crippen LogP contribution is 2.25. The normalized spacial score (nSPS) is 14.5. The predicted molar refractivity (Wildman–Crippen MR) is 94.8 cm³/mol. The smallest absolute Gasteiger partial charge is 0.272 e. The van der Waals surface area contributed by atoms with E-state index in [1.165, 1.54) is 11.1 Å². The molecule has 1 aromatic carbocycles. The number of aryl methyl sites for hydroxylation is 2. The molecule has 0 radical (unpaired) electrons. The van der Waals surface area contributed by atoms with E-state index in [-0.39, 0.29) is 5.91 Å². The van der Waals surface area contributed by atoms with Crippen LogP contribution in [0.1, 0.15) is 28.5 Å². The number of carbonyl (C=O) groups excluding carboxylic acids is 1. The second-order valence-corrected chi connectivity index (χ2v) is 5.92. The van der Waals surface area contributed by atoms with Crippen molar-refractivity contribution < 1.29 is 9.53 Å². The lowest BCUT2D eigenvalue weighted by Gasteiger charge is -2.26. The van der Waals surface area contributed by atoms with Crippen molar-refractivity contribution in [3.8, 4) is 0 Å². The van der Waals surface area contributed by atoms with Crippen molar-refractivity contribution in [2.75, 3.05) is 31.6 Å². The summed E-state index contributed by atoms with van der Waals surface area (Å²) in [5, 5.41) is 3.45. The Balaban J connectivity index is 1.82. The molecule has 5 heteroatoms. The molecule has 0 aliphatic carbocycles. The molecule has 1 saturated heterocycles. The van der Waals surface area contributed by atoms with Crippen LogP contribution in [0.4, 0.5) is 11.4 Å². The number of ether oxygens (including phenoxy) is 1. The van der Waals surface area contributed by atoms with Crippen molar-refractivity contribution in [3.63, 3.8) is 0 Å². The van der Waals surface area contributed by atoms with E-state index in [4.69, 9.17) is 4.74 Å². The summed E-state index contributed by atoms with van der Waals surface area (Å²) >= 11 is 0. The minimum Gasteiger partial charge on any atom is -0.378 e. The van der Waals surface area contributed by atoms with Gasteiger partial charge in [0.05, 0.1) is 13.2 Å². The molecule has 1 aromatic heterocycles. The van der Waals surface area contributed by atoms with E-state index in [0.29, 0.717) is 32.0 Å². The molecule has 2 heterocycles. The Kier molecular flexibility index (Phi) is 5.11. The molecule has 0 saturated carbocycles. The summed E-state index contributed by atoms with van der Waals surface area (Å²) in [4.78, 5) is 18.6. The number of morpholine rings is 1. The topological polar surface area (TPSA) is 54.5 Å². The lowest BCUT2D eigenvalue weighted by molar-refractivity contribution is 0.0299. The van der Waals surface area contributed by atoms with Gasteiger partial charge < -0.3 is 15.0 Å². The molecule has 0 spiro atoms. The van der Waals surface area contributed by atoms with Gasteiger partial charge in [0, 0.05) is 30.7 Å². The Hall–Kier alpha value is -2.40. The number of rotatable bonds is 4. The van der Waals surface area contributed by atoms with Gasteiger partial charge in [0.2, 0.25) is 0 Å². The highest BCUT2D eigenvalue weighted by molar-refractivity contribution is 5.93. The van der Waals surface area contributed by atoms with Gasteiger partial charge in [-0.1, -0.05) is 25.1 Å². The van der Waals surface area contributed by atoms with E-state index in [2.05, 4.69) is 42.3 Å². The van der Waals surface area contributed by atoms with Gasteiger partial charge in [-0.3, -0.25) is 9.78 Å². The van der Waals surface area contributed by atoms with Crippen LogP contribution >= 0.6 is 0 Å². The summed E-state index contributed by atoms with van der Waals surface area (Å²) in [6.07, 6.45) is 2.63. The number of carbonyl (C=O) groups is 1. The number of aromatic nitrogens is 1. The fraction of sp³-hybridized carbons (Fsp3) is 0.368. The fourth-order valence-corrected chi connectivity index (χ4v) is 2.90. The Morgan fingerprint density at radius 3 is 2.83 bits per heavy atom. The van der Waals surface area contributed by atoms with Gasteiger partial charge in [0.1, 0.15) is 5.69 Å². The first kappa shape index (κ1) is 16.5. The molecular formula is C19H23N3O2. The van der Waals surface area contributed by atoms with Gasteiger partial charge in [-0.25, -0.2) is 0 Å². The maximum atomic E-state index is 12.6. The average Bonchev–Trinajstić information content (AvgIpc) is 2.64. The van der Waals surface area contributed by atoms with Crippen molar-refractivity contribution >= 4 is 17.3 Å². The third kappa shape index (κ3) is 3.57. The molecular weight excluding hydrogens is 302 g/mol. The first-order valence-electron chi connectivity index (χ1n) is 8.37. The van der Waals surface area contributed by atoms with Gasteiger partial charge in [0.25, 0.3) is 5.91 Å². The van der Waals surface area contributed by atoms with Crippen LogP contribution in [0.3, 0.4) is 0 Å². The van der Waals surface area contributed by atoms with Crippen LogP contribution in [0, 0.1) is 6.92 Å². The number of nitrogens with zero attached hydrogens (tertiary/aromatic N) is 2. The second-order valence-electron chi connectivity index (χ2n) is 5.92. The Bertz CT molecular complexity index is 724. The van der Waals surface area contributed by atoms with Crippen LogP contribution < -0.4 is 5.32 Å². The maximum absolute atomic E-state index is 12.6. The zero-order valence-corrected chi connectivity index (χ0v) is 14.2. The van der Waals surface area contributed by atoms with Crippen LogP contribution in [-0.4, -0.2) is 42.1 Å². The number of para-hydroxylation sites is 1. The largest absolute Gasteiger partial charge is 0.378 e. The van der Waals surface area contributed by atoms with E-state index < -0.39 is 0 Å². The van der Waals surface area contributed by atoms with E-state index >= 15 is 0 Å². The molecule has 126 valence electrons. The molecule has 3 rings (SSSR count). The van der Waals surface area contributed by atoms with Gasteiger partial charge in [-0.15, -0.1) is 0 Å². The third-order valence-corrected chi connectivity index (χ3v) is 4.29. The summed E-state index contributed by atoms with van der Waals surface area (Å²) < 4.78 is 5.30. The summed E-state index contributed by atoms with van der Waals surface area (Å²) in [7, 11) is 0. The summed E-state index contributed by atoms with van der Waals surface area (Å²) in [5.74, 6) is -0.0394. The molecule has 1 fully saturated rings. The van der Waals surface area contributed by atoms with Gasteiger partial charge >= 0.3 is 0 Å². The summed E-state index contributed by atoms with van der Waals surface area (Å²) in [6, 6.07) is 9.99. The lowest BCUT2D eigenvalue weighted by Crippen LogP contribution is -2.41. The molecule has 1 aliphatic heterocycles. The Labute approximate surface area is 142 Å². The van der Waals surface area contributed by atoms with Crippen LogP contribution in [-0.2, 0) is 11.2 Å². The van der Waals surface area contributed by atoms with Gasteiger partial charge in [-0.2, -0.15) is 0 Å². The SMILES string of the molecule is CCc1cccc(C)c1Nc1ccnc(C(=O)N2CCOCC2)c1. The third-order valence-electron chi connectivity index (χ3n) is 4.29. The summed E-state index contributed by atoms with van der Waals surface area (Å²) in [6.45, 7) is 6.65. The predicted octanol–water partition coefficient (Wildman–Crippen LogP) is 3.17. The molecule has 0 atom stereocenters. The van der Waals surface area contributed by atoms with Crippen molar-refractivity contribution in [3.05, 3.63) is 53.3 Å². The minimum atomic E-state index is -0.0394. The number of hydrogen-bond acceptors (Lipinski definition) is 4. The highest BCUT2D eigenvalue weighted by Gasteiger charge is 2.19. The van der Waals surface area contributed by atoms with Gasteiger partial charge in [0.15, 0.2) is 0 Å². The van der Waals surface area contributed by atoms with E-state index in [1.807, 2.05) is 12.1 Å². The quantitative estimate of drug-likeness (QED) is 0.938. The van der Waals surface area contributed by atoms with Crippen molar-refractivity contribution in [1.29, 1.82) is 0 Å². The van der Waals surface area contributed by atoms with Crippen molar-refractivity contribution in [1.82, 2.24) is 9.88 Å². The summed E-state index contributed by atoms with van der Waals surface area (Å²) in [5.41, 5.74) is 4.90. The monoisotopic (exact) mass is 325 g/mol. The van der Waals surface area contributed by atoms with Crippen molar-refractivity contribution in [2.24, 2.45) is 0 Å². The molecule has 1 amide bonds. The number of nitrogens with one attached hydrogen (secondary N) is 1. The van der Waals surface area contributed by atoms with Gasteiger partial charge in [-0.05, 0) is 36.6 Å². The van der Waals surface area contributed by atoms with Crippen LogP contribution in [0.2, 0.25) is 0 Å². The number of hydrogen-bond donors (Lipinski definition) is 1. The fourth-order valence-electron chi connectivity index (χ4n) is 2.90. The Morgan fingerprint density at radius 1 is 1.29 bits per heavy atom. The maximum Gasteiger partial charge on any atom is 0.272 e. The Morgan fingerprint density at radius 2 is 2.08 bits per heavy atom. The first-order chi connectivity index (χ1) is 11.7. The van der Waals surface area contributed by atoms with Crippen molar-refractivity contribution in [2.45, 2.75) is 20.3 Å². The zero-order chi connectivity index (χ0) is 16.9. The van der Waals surface area contributed by atoms with Crippen LogP contribution in [0.5, 0.6) is 0 Å². The van der Waals surface area contributed by atoms with Crippen LogP contribution in [0.25, 0.3) is 0 Å². The molecule has 2 aromatic rings.